The van der Waals surface area contributed by atoms with Crippen LogP contribution in [0.15, 0.2) is 30.3 Å². The number of fused-ring (bicyclic) bond motifs is 3. The van der Waals surface area contributed by atoms with Crippen molar-refractivity contribution in [1.82, 2.24) is 4.98 Å². The van der Waals surface area contributed by atoms with Crippen molar-refractivity contribution in [1.29, 1.82) is 0 Å². The zero-order chi connectivity index (χ0) is 21.5. The highest BCUT2D eigenvalue weighted by atomic mass is 32.1. The molecule has 2 aromatic carbocycles. The van der Waals surface area contributed by atoms with E-state index >= 15 is 0 Å². The summed E-state index contributed by atoms with van der Waals surface area (Å²) in [7, 11) is 0. The summed E-state index contributed by atoms with van der Waals surface area (Å²) in [6, 6.07) is 10.4. The molecule has 5 heteroatoms. The van der Waals surface area contributed by atoms with Gasteiger partial charge in [-0.1, -0.05) is 39.8 Å². The smallest absolute Gasteiger partial charge is 0.321 e. The van der Waals surface area contributed by atoms with Crippen molar-refractivity contribution in [3.05, 3.63) is 52.0 Å². The maximum absolute atomic E-state index is 13.2. The fourth-order valence-corrected chi connectivity index (χ4v) is 6.63. The predicted octanol–water partition coefficient (Wildman–Crippen LogP) is 5.71. The number of nitrogens with zero attached hydrogens (tertiary/aromatic N) is 2. The maximum Gasteiger partial charge on any atom is 0.321 e. The van der Waals surface area contributed by atoms with Crippen molar-refractivity contribution in [2.75, 3.05) is 18.0 Å². The van der Waals surface area contributed by atoms with Gasteiger partial charge in [0.05, 0.1) is 10.2 Å². The van der Waals surface area contributed by atoms with Crippen LogP contribution in [0, 0.1) is 0 Å². The molecule has 0 N–H and O–H groups in total. The Hall–Kier alpha value is -2.40. The van der Waals surface area contributed by atoms with Gasteiger partial charge in [-0.3, -0.25) is 4.79 Å². The molecule has 0 saturated heterocycles. The number of rotatable bonds is 1. The summed E-state index contributed by atoms with van der Waals surface area (Å²) in [5.74, 6) is 0.337. The minimum Gasteiger partial charge on any atom is -0.425 e. The second kappa shape index (κ2) is 6.32. The van der Waals surface area contributed by atoms with Crippen LogP contribution in [0.2, 0.25) is 0 Å². The molecule has 31 heavy (non-hydrogen) atoms. The molecule has 1 atom stereocenters. The van der Waals surface area contributed by atoms with E-state index in [1.165, 1.54) is 22.4 Å². The molecule has 4 nitrogen and oxygen atoms in total. The van der Waals surface area contributed by atoms with Crippen LogP contribution in [0.1, 0.15) is 68.2 Å². The number of carbonyl (C=O) groups excluding carboxylic acids is 1. The van der Waals surface area contributed by atoms with Gasteiger partial charge in [0.15, 0.2) is 0 Å². The SMILES string of the molecule is CC1(C)CCN2CCC(C)(C)c3c4c(cc1c32)C[C@@H](c1nc2ccccc2s1)C(=O)O4. The number of hydrogen-bond acceptors (Lipinski definition) is 5. The molecule has 0 amide bonds. The lowest BCUT2D eigenvalue weighted by molar-refractivity contribution is -0.137. The highest BCUT2D eigenvalue weighted by Gasteiger charge is 2.45. The van der Waals surface area contributed by atoms with Crippen LogP contribution in [0.4, 0.5) is 5.69 Å². The van der Waals surface area contributed by atoms with Gasteiger partial charge in [-0.15, -0.1) is 11.3 Å². The van der Waals surface area contributed by atoms with E-state index in [0.717, 1.165) is 46.9 Å². The van der Waals surface area contributed by atoms with Gasteiger partial charge in [-0.05, 0) is 59.4 Å². The van der Waals surface area contributed by atoms with Crippen molar-refractivity contribution in [3.63, 3.8) is 0 Å². The van der Waals surface area contributed by atoms with Crippen LogP contribution < -0.4 is 9.64 Å². The summed E-state index contributed by atoms with van der Waals surface area (Å²) >= 11 is 1.61. The number of thiazole rings is 1. The van der Waals surface area contributed by atoms with Crippen LogP contribution in [-0.4, -0.2) is 24.0 Å². The number of aromatic nitrogens is 1. The van der Waals surface area contributed by atoms with Gasteiger partial charge in [0.1, 0.15) is 16.7 Å². The highest BCUT2D eigenvalue weighted by molar-refractivity contribution is 7.18. The number of esters is 1. The molecule has 0 spiro atoms. The van der Waals surface area contributed by atoms with Gasteiger partial charge in [0.25, 0.3) is 0 Å². The Morgan fingerprint density at radius 2 is 1.84 bits per heavy atom. The first-order valence-corrected chi connectivity index (χ1v) is 12.1. The number of para-hydroxylation sites is 1. The lowest BCUT2D eigenvalue weighted by atomic mass is 9.68. The van der Waals surface area contributed by atoms with Gasteiger partial charge in [0.2, 0.25) is 0 Å². The molecule has 160 valence electrons. The molecule has 0 fully saturated rings. The first kappa shape index (κ1) is 19.3. The monoisotopic (exact) mass is 432 g/mol. The second-order valence-corrected chi connectivity index (χ2v) is 11.7. The van der Waals surface area contributed by atoms with Crippen molar-refractivity contribution < 1.29 is 9.53 Å². The molecule has 4 heterocycles. The Labute approximate surface area is 187 Å². The third kappa shape index (κ3) is 2.78. The van der Waals surface area contributed by atoms with E-state index in [1.807, 2.05) is 18.2 Å². The number of hydrogen-bond donors (Lipinski definition) is 0. The first-order chi connectivity index (χ1) is 14.7. The van der Waals surface area contributed by atoms with Gasteiger partial charge >= 0.3 is 5.97 Å². The molecule has 0 aliphatic carbocycles. The van der Waals surface area contributed by atoms with E-state index < -0.39 is 0 Å². The number of carbonyl (C=O) groups is 1. The topological polar surface area (TPSA) is 42.4 Å². The number of ether oxygens (including phenoxy) is 1. The average molecular weight is 433 g/mol. The average Bonchev–Trinajstić information content (AvgIpc) is 3.15. The summed E-state index contributed by atoms with van der Waals surface area (Å²) < 4.78 is 7.29. The molecular weight excluding hydrogens is 404 g/mol. The lowest BCUT2D eigenvalue weighted by Crippen LogP contribution is -2.45. The molecule has 0 unspecified atom stereocenters. The van der Waals surface area contributed by atoms with E-state index in [4.69, 9.17) is 9.72 Å². The second-order valence-electron chi connectivity index (χ2n) is 10.6. The molecule has 3 aliphatic heterocycles. The standard InChI is InChI=1S/C26H28N2O2S/c1-25(2)9-11-28-12-10-26(3,4)20-21(28)17(25)14-15-13-16(24(29)30-22(15)20)23-27-18-7-5-6-8-19(18)31-23/h5-8,14,16H,9-13H2,1-4H3/t16-/m0/s1. The molecule has 3 aromatic rings. The molecule has 6 rings (SSSR count). The van der Waals surface area contributed by atoms with E-state index in [1.54, 1.807) is 11.3 Å². The molecule has 0 radical (unpaired) electrons. The van der Waals surface area contributed by atoms with E-state index in [2.05, 4.69) is 44.7 Å². The molecular formula is C26H28N2O2S. The molecule has 1 aromatic heterocycles. The van der Waals surface area contributed by atoms with E-state index in [0.29, 0.717) is 6.42 Å². The summed E-state index contributed by atoms with van der Waals surface area (Å²) in [4.78, 5) is 20.5. The first-order valence-electron chi connectivity index (χ1n) is 11.3. The normalized spacial score (nSPS) is 23.3. The van der Waals surface area contributed by atoms with Gasteiger partial charge < -0.3 is 9.64 Å². The summed E-state index contributed by atoms with van der Waals surface area (Å²) in [6.45, 7) is 11.5. The van der Waals surface area contributed by atoms with Crippen LogP contribution in [0.3, 0.4) is 0 Å². The maximum atomic E-state index is 13.2. The fraction of sp³-hybridized carbons (Fsp3) is 0.462. The Morgan fingerprint density at radius 1 is 1.10 bits per heavy atom. The number of anilines is 1. The predicted molar refractivity (Wildman–Crippen MR) is 126 cm³/mol. The minimum atomic E-state index is -0.329. The molecule has 0 saturated carbocycles. The van der Waals surface area contributed by atoms with Crippen molar-refractivity contribution >= 4 is 33.2 Å². The highest BCUT2D eigenvalue weighted by Crippen LogP contribution is 2.55. The summed E-state index contributed by atoms with van der Waals surface area (Å²) in [6.07, 6.45) is 2.90. The van der Waals surface area contributed by atoms with Gasteiger partial charge in [-0.2, -0.15) is 0 Å². The Kier molecular flexibility index (Phi) is 3.93. The van der Waals surface area contributed by atoms with Crippen LogP contribution in [-0.2, 0) is 22.0 Å². The van der Waals surface area contributed by atoms with Crippen molar-refractivity contribution in [2.45, 2.75) is 63.7 Å². The largest absolute Gasteiger partial charge is 0.425 e. The Balaban J connectivity index is 1.53. The Morgan fingerprint density at radius 3 is 2.61 bits per heavy atom. The summed E-state index contributed by atoms with van der Waals surface area (Å²) in [5, 5.41) is 0.864. The van der Waals surface area contributed by atoms with Crippen LogP contribution >= 0.6 is 11.3 Å². The molecule has 3 aliphatic rings. The third-order valence-electron chi connectivity index (χ3n) is 7.58. The lowest BCUT2D eigenvalue weighted by Gasteiger charge is -2.49. The Bertz CT molecular complexity index is 1200. The minimum absolute atomic E-state index is 0.0116. The fourth-order valence-electron chi connectivity index (χ4n) is 5.58. The zero-order valence-electron chi connectivity index (χ0n) is 18.6. The van der Waals surface area contributed by atoms with Crippen molar-refractivity contribution in [3.8, 4) is 5.75 Å². The quantitative estimate of drug-likeness (QED) is 0.365. The van der Waals surface area contributed by atoms with Crippen LogP contribution in [0.5, 0.6) is 5.75 Å². The van der Waals surface area contributed by atoms with E-state index in [9.17, 15) is 4.79 Å². The van der Waals surface area contributed by atoms with Gasteiger partial charge in [-0.25, -0.2) is 4.98 Å². The molecule has 0 bridgehead atoms. The summed E-state index contributed by atoms with van der Waals surface area (Å²) in [5.41, 5.74) is 6.23. The van der Waals surface area contributed by atoms with E-state index in [-0.39, 0.29) is 22.7 Å². The zero-order valence-corrected chi connectivity index (χ0v) is 19.4. The van der Waals surface area contributed by atoms with Gasteiger partial charge in [0, 0.05) is 24.3 Å². The number of benzene rings is 2. The van der Waals surface area contributed by atoms with Crippen LogP contribution in [0.25, 0.3) is 10.2 Å². The third-order valence-corrected chi connectivity index (χ3v) is 8.73. The van der Waals surface area contributed by atoms with Crippen molar-refractivity contribution in [2.24, 2.45) is 0 Å².